The van der Waals surface area contributed by atoms with Gasteiger partial charge in [0.25, 0.3) is 5.91 Å². The summed E-state index contributed by atoms with van der Waals surface area (Å²) in [6.45, 7) is 2.64. The molecule has 0 aliphatic rings. The van der Waals surface area contributed by atoms with Crippen LogP contribution in [-0.2, 0) is 0 Å². The predicted octanol–water partition coefficient (Wildman–Crippen LogP) is 3.56. The summed E-state index contributed by atoms with van der Waals surface area (Å²) in [5, 5.41) is 6.99. The summed E-state index contributed by atoms with van der Waals surface area (Å²) in [5.74, 6) is -0.0418. The Bertz CT molecular complexity index is 751. The number of nitrogens with two attached hydrogens (primary N) is 2. The first-order valence-electron chi connectivity index (χ1n) is 8.28. The molecule has 0 fully saturated rings. The Hall–Kier alpha value is -2.09. The van der Waals surface area contributed by atoms with Crippen molar-refractivity contribution in [2.24, 2.45) is 11.5 Å². The number of anilines is 3. The van der Waals surface area contributed by atoms with Crippen LogP contribution in [0.3, 0.4) is 0 Å². The SMILES string of the molecule is CCCCC(N)CNc1ncc(C(N)=O)c(Nc2cc(Cl)cc(Cl)c2)n1. The number of amides is 1. The first-order chi connectivity index (χ1) is 12.4. The zero-order chi connectivity index (χ0) is 19.1. The lowest BCUT2D eigenvalue weighted by atomic mass is 10.1. The summed E-state index contributed by atoms with van der Waals surface area (Å²) in [6.07, 6.45) is 4.43. The summed E-state index contributed by atoms with van der Waals surface area (Å²) >= 11 is 12.0. The number of carbonyl (C=O) groups excluding carboxylic acids is 1. The number of aromatic nitrogens is 2. The van der Waals surface area contributed by atoms with E-state index in [1.807, 2.05) is 0 Å². The molecule has 2 rings (SSSR count). The molecule has 7 nitrogen and oxygen atoms in total. The molecule has 2 aromatic rings. The van der Waals surface area contributed by atoms with Crippen LogP contribution in [0.25, 0.3) is 0 Å². The average Bonchev–Trinajstić information content (AvgIpc) is 2.57. The number of benzene rings is 1. The van der Waals surface area contributed by atoms with E-state index in [9.17, 15) is 4.79 Å². The molecule has 0 aliphatic carbocycles. The summed E-state index contributed by atoms with van der Waals surface area (Å²) < 4.78 is 0. The molecular formula is C17H22Cl2N6O. The number of nitrogens with zero attached hydrogens (tertiary/aromatic N) is 2. The third-order valence-corrected chi connectivity index (χ3v) is 4.07. The van der Waals surface area contributed by atoms with Crippen LogP contribution in [0.4, 0.5) is 17.5 Å². The molecule has 1 heterocycles. The van der Waals surface area contributed by atoms with E-state index in [0.29, 0.717) is 28.2 Å². The first kappa shape index (κ1) is 20.2. The summed E-state index contributed by atoms with van der Waals surface area (Å²) in [6, 6.07) is 4.92. The summed E-state index contributed by atoms with van der Waals surface area (Å²) in [5.41, 5.74) is 12.2. The number of unbranched alkanes of at least 4 members (excludes halogenated alkanes) is 1. The molecule has 0 spiro atoms. The number of rotatable bonds is 9. The molecule has 1 atom stereocenters. The van der Waals surface area contributed by atoms with E-state index in [-0.39, 0.29) is 17.4 Å². The van der Waals surface area contributed by atoms with Gasteiger partial charge < -0.3 is 22.1 Å². The molecule has 1 amide bonds. The van der Waals surface area contributed by atoms with Gasteiger partial charge in [-0.1, -0.05) is 43.0 Å². The fourth-order valence-corrected chi connectivity index (χ4v) is 2.82. The van der Waals surface area contributed by atoms with Crippen LogP contribution in [0.2, 0.25) is 10.0 Å². The Morgan fingerprint density at radius 1 is 1.27 bits per heavy atom. The summed E-state index contributed by atoms with van der Waals surface area (Å²) in [7, 11) is 0. The highest BCUT2D eigenvalue weighted by Gasteiger charge is 2.13. The minimum absolute atomic E-state index is 0.00230. The number of hydrogen-bond acceptors (Lipinski definition) is 6. The van der Waals surface area contributed by atoms with E-state index >= 15 is 0 Å². The Morgan fingerprint density at radius 3 is 2.58 bits per heavy atom. The van der Waals surface area contributed by atoms with Crippen molar-refractivity contribution in [3.8, 4) is 0 Å². The smallest absolute Gasteiger partial charge is 0.254 e. The fraction of sp³-hybridized carbons (Fsp3) is 0.353. The monoisotopic (exact) mass is 396 g/mol. The standard InChI is InChI=1S/C17H22Cl2N6O/c1-2-3-4-12(20)8-22-17-23-9-14(15(21)26)16(25-17)24-13-6-10(18)5-11(19)7-13/h5-7,9,12H,2-4,8,20H2,1H3,(H2,21,26)(H2,22,23,24,25). The quantitative estimate of drug-likeness (QED) is 0.514. The zero-order valence-corrected chi connectivity index (χ0v) is 15.9. The second kappa shape index (κ2) is 9.56. The Kier molecular flexibility index (Phi) is 7.44. The second-order valence-corrected chi connectivity index (χ2v) is 6.76. The molecule has 26 heavy (non-hydrogen) atoms. The van der Waals surface area contributed by atoms with E-state index in [0.717, 1.165) is 19.3 Å². The van der Waals surface area contributed by atoms with E-state index in [2.05, 4.69) is 27.5 Å². The molecule has 6 N–H and O–H groups in total. The van der Waals surface area contributed by atoms with Crippen LogP contribution in [0, 0.1) is 0 Å². The van der Waals surface area contributed by atoms with Crippen LogP contribution < -0.4 is 22.1 Å². The van der Waals surface area contributed by atoms with Crippen molar-refractivity contribution in [3.05, 3.63) is 40.0 Å². The number of nitrogens with one attached hydrogen (secondary N) is 2. The van der Waals surface area contributed by atoms with Gasteiger partial charge in [-0.05, 0) is 24.6 Å². The molecule has 0 aliphatic heterocycles. The zero-order valence-electron chi connectivity index (χ0n) is 14.4. The van der Waals surface area contributed by atoms with Crippen molar-refractivity contribution in [1.29, 1.82) is 0 Å². The highest BCUT2D eigenvalue weighted by atomic mass is 35.5. The Morgan fingerprint density at radius 2 is 1.96 bits per heavy atom. The minimum atomic E-state index is -0.646. The van der Waals surface area contributed by atoms with Crippen LogP contribution in [0.5, 0.6) is 0 Å². The number of halogens is 2. The van der Waals surface area contributed by atoms with Crippen LogP contribution >= 0.6 is 23.2 Å². The topological polar surface area (TPSA) is 119 Å². The average molecular weight is 397 g/mol. The molecule has 0 bridgehead atoms. The first-order valence-corrected chi connectivity index (χ1v) is 9.04. The molecule has 0 radical (unpaired) electrons. The highest BCUT2D eigenvalue weighted by molar-refractivity contribution is 6.35. The van der Waals surface area contributed by atoms with Gasteiger partial charge in [0.2, 0.25) is 5.95 Å². The third-order valence-electron chi connectivity index (χ3n) is 3.63. The summed E-state index contributed by atoms with van der Waals surface area (Å²) in [4.78, 5) is 20.1. The fourth-order valence-electron chi connectivity index (χ4n) is 2.30. The molecule has 1 aromatic heterocycles. The van der Waals surface area contributed by atoms with E-state index in [1.54, 1.807) is 18.2 Å². The third kappa shape index (κ3) is 6.01. The lowest BCUT2D eigenvalue weighted by molar-refractivity contribution is 0.100. The van der Waals surface area contributed by atoms with E-state index in [1.165, 1.54) is 6.20 Å². The number of carbonyl (C=O) groups is 1. The van der Waals surface area contributed by atoms with Gasteiger partial charge >= 0.3 is 0 Å². The van der Waals surface area contributed by atoms with Crippen molar-refractivity contribution >= 4 is 46.6 Å². The number of primary amides is 1. The molecule has 0 saturated carbocycles. The van der Waals surface area contributed by atoms with Crippen LogP contribution in [0.1, 0.15) is 36.5 Å². The maximum atomic E-state index is 11.7. The van der Waals surface area contributed by atoms with E-state index in [4.69, 9.17) is 34.7 Å². The number of hydrogen-bond donors (Lipinski definition) is 4. The van der Waals surface area contributed by atoms with Gasteiger partial charge in [-0.15, -0.1) is 0 Å². The molecular weight excluding hydrogens is 375 g/mol. The van der Waals surface area contributed by atoms with Crippen molar-refractivity contribution in [2.75, 3.05) is 17.2 Å². The highest BCUT2D eigenvalue weighted by Crippen LogP contribution is 2.26. The van der Waals surface area contributed by atoms with Gasteiger partial charge in [-0.25, -0.2) is 4.98 Å². The molecule has 0 saturated heterocycles. The van der Waals surface area contributed by atoms with Gasteiger partial charge in [0.15, 0.2) is 0 Å². The van der Waals surface area contributed by atoms with Gasteiger partial charge in [-0.3, -0.25) is 4.79 Å². The lowest BCUT2D eigenvalue weighted by Gasteiger charge is -2.14. The van der Waals surface area contributed by atoms with Crippen LogP contribution in [0.15, 0.2) is 24.4 Å². The molecule has 9 heteroatoms. The minimum Gasteiger partial charge on any atom is -0.365 e. The Labute approximate surface area is 162 Å². The normalized spacial score (nSPS) is 11.8. The van der Waals surface area contributed by atoms with Crippen molar-refractivity contribution in [2.45, 2.75) is 32.2 Å². The predicted molar refractivity (Wildman–Crippen MR) is 106 cm³/mol. The van der Waals surface area contributed by atoms with Gasteiger partial charge in [0, 0.05) is 34.5 Å². The van der Waals surface area contributed by atoms with Crippen molar-refractivity contribution < 1.29 is 4.79 Å². The van der Waals surface area contributed by atoms with Crippen molar-refractivity contribution in [1.82, 2.24) is 9.97 Å². The molecule has 1 unspecified atom stereocenters. The second-order valence-electron chi connectivity index (χ2n) is 5.89. The molecule has 140 valence electrons. The van der Waals surface area contributed by atoms with Gasteiger partial charge in [-0.2, -0.15) is 4.98 Å². The molecule has 1 aromatic carbocycles. The van der Waals surface area contributed by atoms with Gasteiger partial charge in [0.1, 0.15) is 11.4 Å². The van der Waals surface area contributed by atoms with E-state index < -0.39 is 5.91 Å². The van der Waals surface area contributed by atoms with Crippen molar-refractivity contribution in [3.63, 3.8) is 0 Å². The van der Waals surface area contributed by atoms with Crippen LogP contribution in [-0.4, -0.2) is 28.5 Å². The maximum absolute atomic E-state index is 11.7. The Balaban J connectivity index is 2.18. The largest absolute Gasteiger partial charge is 0.365 e. The lowest BCUT2D eigenvalue weighted by Crippen LogP contribution is -2.29. The van der Waals surface area contributed by atoms with Gasteiger partial charge in [0.05, 0.1) is 0 Å². The maximum Gasteiger partial charge on any atom is 0.254 e.